The van der Waals surface area contributed by atoms with Gasteiger partial charge in [0.1, 0.15) is 0 Å². The Kier molecular flexibility index (Phi) is 6.05. The molecule has 0 bridgehead atoms. The number of hydrogen-bond donors (Lipinski definition) is 2. The van der Waals surface area contributed by atoms with Crippen molar-refractivity contribution < 1.29 is 4.79 Å². The molecule has 0 radical (unpaired) electrons. The van der Waals surface area contributed by atoms with Gasteiger partial charge in [-0.15, -0.1) is 0 Å². The minimum absolute atomic E-state index is 0.0197. The lowest BCUT2D eigenvalue weighted by molar-refractivity contribution is 0.193. The van der Waals surface area contributed by atoms with Crippen molar-refractivity contribution in [2.45, 2.75) is 33.1 Å². The van der Waals surface area contributed by atoms with Crippen LogP contribution in [0.25, 0.3) is 0 Å². The Bertz CT molecular complexity index is 438. The van der Waals surface area contributed by atoms with E-state index in [-0.39, 0.29) is 6.03 Å². The van der Waals surface area contributed by atoms with Gasteiger partial charge in [-0.05, 0) is 57.3 Å². The molecule has 1 aliphatic rings. The summed E-state index contributed by atoms with van der Waals surface area (Å²) in [6, 6.07) is 7.97. The van der Waals surface area contributed by atoms with Gasteiger partial charge in [0, 0.05) is 18.8 Å². The third kappa shape index (κ3) is 5.05. The summed E-state index contributed by atoms with van der Waals surface area (Å²) < 4.78 is 0. The number of piperidine rings is 1. The monoisotopic (exact) mass is 289 g/mol. The highest BCUT2D eigenvalue weighted by atomic mass is 16.2. The first-order valence-electron chi connectivity index (χ1n) is 8.02. The number of carbonyl (C=O) groups excluding carboxylic acids is 1. The second-order valence-corrected chi connectivity index (χ2v) is 5.95. The quantitative estimate of drug-likeness (QED) is 0.874. The van der Waals surface area contributed by atoms with Crippen LogP contribution >= 0.6 is 0 Å². The SMILES string of the molecule is CCCN(CC1CCCNC1)C(=O)Nc1ccc(C)cc1. The second-order valence-electron chi connectivity index (χ2n) is 5.95. The van der Waals surface area contributed by atoms with Gasteiger partial charge < -0.3 is 15.5 Å². The molecule has 116 valence electrons. The summed E-state index contributed by atoms with van der Waals surface area (Å²) in [5, 5.41) is 6.43. The first-order chi connectivity index (χ1) is 10.2. The molecule has 1 atom stereocenters. The highest BCUT2D eigenvalue weighted by Crippen LogP contribution is 2.14. The summed E-state index contributed by atoms with van der Waals surface area (Å²) in [5.74, 6) is 0.578. The average molecular weight is 289 g/mol. The molecule has 0 spiro atoms. The zero-order valence-electron chi connectivity index (χ0n) is 13.2. The molecule has 1 unspecified atom stereocenters. The van der Waals surface area contributed by atoms with Crippen LogP contribution < -0.4 is 10.6 Å². The number of amides is 2. The molecule has 21 heavy (non-hydrogen) atoms. The van der Waals surface area contributed by atoms with Gasteiger partial charge >= 0.3 is 6.03 Å². The third-order valence-corrected chi connectivity index (χ3v) is 3.96. The van der Waals surface area contributed by atoms with E-state index in [0.29, 0.717) is 5.92 Å². The number of hydrogen-bond acceptors (Lipinski definition) is 2. The number of nitrogens with one attached hydrogen (secondary N) is 2. The molecule has 2 amide bonds. The largest absolute Gasteiger partial charge is 0.324 e. The Morgan fingerprint density at radius 3 is 2.76 bits per heavy atom. The lowest BCUT2D eigenvalue weighted by atomic mass is 9.99. The molecule has 1 saturated heterocycles. The van der Waals surface area contributed by atoms with Gasteiger partial charge in [0.05, 0.1) is 0 Å². The van der Waals surface area contributed by atoms with Gasteiger partial charge in [0.15, 0.2) is 0 Å². The molecule has 1 aromatic rings. The maximum absolute atomic E-state index is 12.5. The van der Waals surface area contributed by atoms with Crippen molar-refractivity contribution in [3.63, 3.8) is 0 Å². The summed E-state index contributed by atoms with van der Waals surface area (Å²) in [6.07, 6.45) is 3.41. The lowest BCUT2D eigenvalue weighted by Gasteiger charge is -2.30. The smallest absolute Gasteiger partial charge is 0.321 e. The molecule has 0 aliphatic carbocycles. The van der Waals surface area contributed by atoms with E-state index in [1.54, 1.807) is 0 Å². The highest BCUT2D eigenvalue weighted by Gasteiger charge is 2.20. The fourth-order valence-electron chi connectivity index (χ4n) is 2.78. The predicted molar refractivity (Wildman–Crippen MR) is 87.7 cm³/mol. The fraction of sp³-hybridized carbons (Fsp3) is 0.588. The summed E-state index contributed by atoms with van der Waals surface area (Å²) in [4.78, 5) is 14.4. The molecular formula is C17H27N3O. The molecule has 1 aliphatic heterocycles. The van der Waals surface area contributed by atoms with Crippen LogP contribution in [0, 0.1) is 12.8 Å². The minimum Gasteiger partial charge on any atom is -0.324 e. The molecule has 1 fully saturated rings. The molecule has 1 heterocycles. The average Bonchev–Trinajstić information content (AvgIpc) is 2.50. The van der Waals surface area contributed by atoms with Gasteiger partial charge in [-0.3, -0.25) is 0 Å². The van der Waals surface area contributed by atoms with Crippen LogP contribution in [0.4, 0.5) is 10.5 Å². The van der Waals surface area contributed by atoms with Crippen LogP contribution in [-0.4, -0.2) is 37.1 Å². The van der Waals surface area contributed by atoms with Crippen molar-refractivity contribution in [2.24, 2.45) is 5.92 Å². The Labute approximate surface area is 127 Å². The maximum Gasteiger partial charge on any atom is 0.321 e. The van der Waals surface area contributed by atoms with Crippen molar-refractivity contribution in [3.8, 4) is 0 Å². The summed E-state index contributed by atoms with van der Waals surface area (Å²) in [7, 11) is 0. The summed E-state index contributed by atoms with van der Waals surface area (Å²) in [5.41, 5.74) is 2.07. The molecule has 1 aromatic carbocycles. The van der Waals surface area contributed by atoms with E-state index < -0.39 is 0 Å². The number of rotatable bonds is 5. The van der Waals surface area contributed by atoms with E-state index in [4.69, 9.17) is 0 Å². The molecule has 0 aromatic heterocycles. The van der Waals surface area contributed by atoms with E-state index in [2.05, 4.69) is 17.6 Å². The topological polar surface area (TPSA) is 44.4 Å². The number of nitrogens with zero attached hydrogens (tertiary/aromatic N) is 1. The Morgan fingerprint density at radius 2 is 2.14 bits per heavy atom. The third-order valence-electron chi connectivity index (χ3n) is 3.96. The van der Waals surface area contributed by atoms with E-state index in [9.17, 15) is 4.79 Å². The van der Waals surface area contributed by atoms with E-state index in [0.717, 1.165) is 38.3 Å². The van der Waals surface area contributed by atoms with Crippen molar-refractivity contribution >= 4 is 11.7 Å². The molecule has 4 heteroatoms. The molecule has 4 nitrogen and oxygen atoms in total. The highest BCUT2D eigenvalue weighted by molar-refractivity contribution is 5.89. The van der Waals surface area contributed by atoms with E-state index >= 15 is 0 Å². The van der Waals surface area contributed by atoms with Crippen molar-refractivity contribution in [3.05, 3.63) is 29.8 Å². The van der Waals surface area contributed by atoms with Gasteiger partial charge in [0.25, 0.3) is 0 Å². The Hall–Kier alpha value is -1.55. The first kappa shape index (κ1) is 15.8. The van der Waals surface area contributed by atoms with E-state index in [1.807, 2.05) is 36.1 Å². The standard InChI is InChI=1S/C17H27N3O/c1-3-11-20(13-15-5-4-10-18-12-15)17(21)19-16-8-6-14(2)7-9-16/h6-9,15,18H,3-5,10-13H2,1-2H3,(H,19,21). The van der Waals surface area contributed by atoms with E-state index in [1.165, 1.54) is 18.4 Å². The normalized spacial score (nSPS) is 18.3. The van der Waals surface area contributed by atoms with Gasteiger partial charge in [0.2, 0.25) is 0 Å². The fourth-order valence-corrected chi connectivity index (χ4v) is 2.78. The Balaban J connectivity index is 1.92. The summed E-state index contributed by atoms with van der Waals surface area (Å²) >= 11 is 0. The maximum atomic E-state index is 12.5. The second kappa shape index (κ2) is 8.03. The number of anilines is 1. The van der Waals surface area contributed by atoms with Crippen molar-refractivity contribution in [2.75, 3.05) is 31.5 Å². The Morgan fingerprint density at radius 1 is 1.38 bits per heavy atom. The van der Waals surface area contributed by atoms with Crippen LogP contribution in [-0.2, 0) is 0 Å². The minimum atomic E-state index is 0.0197. The van der Waals surface area contributed by atoms with Crippen LogP contribution in [0.15, 0.2) is 24.3 Å². The lowest BCUT2D eigenvalue weighted by Crippen LogP contribution is -2.43. The number of benzene rings is 1. The first-order valence-corrected chi connectivity index (χ1v) is 8.02. The van der Waals surface area contributed by atoms with Crippen molar-refractivity contribution in [1.29, 1.82) is 0 Å². The van der Waals surface area contributed by atoms with Crippen LogP contribution in [0.3, 0.4) is 0 Å². The van der Waals surface area contributed by atoms with Crippen LogP contribution in [0.1, 0.15) is 31.7 Å². The zero-order valence-corrected chi connectivity index (χ0v) is 13.2. The number of carbonyl (C=O) groups is 1. The van der Waals surface area contributed by atoms with Crippen LogP contribution in [0.2, 0.25) is 0 Å². The van der Waals surface area contributed by atoms with Gasteiger partial charge in [-0.1, -0.05) is 24.6 Å². The zero-order chi connectivity index (χ0) is 15.1. The number of urea groups is 1. The molecule has 2 rings (SSSR count). The van der Waals surface area contributed by atoms with Gasteiger partial charge in [-0.25, -0.2) is 4.79 Å². The van der Waals surface area contributed by atoms with Gasteiger partial charge in [-0.2, -0.15) is 0 Å². The number of aryl methyl sites for hydroxylation is 1. The van der Waals surface area contributed by atoms with Crippen LogP contribution in [0.5, 0.6) is 0 Å². The predicted octanol–water partition coefficient (Wildman–Crippen LogP) is 3.24. The molecular weight excluding hydrogens is 262 g/mol. The molecule has 2 N–H and O–H groups in total. The molecule has 0 saturated carbocycles. The van der Waals surface area contributed by atoms with Crippen molar-refractivity contribution in [1.82, 2.24) is 10.2 Å². The summed E-state index contributed by atoms with van der Waals surface area (Å²) in [6.45, 7) is 7.96.